The number of alkyl carbamates (subject to hydrolysis) is 1. The van der Waals surface area contributed by atoms with E-state index in [1.807, 2.05) is 0 Å². The summed E-state index contributed by atoms with van der Waals surface area (Å²) in [5, 5.41) is 2.75. The quantitative estimate of drug-likeness (QED) is 0.808. The third-order valence-corrected chi connectivity index (χ3v) is 4.70. The molecule has 7 heteroatoms. The lowest BCUT2D eigenvalue weighted by atomic mass is 9.78. The van der Waals surface area contributed by atoms with Gasteiger partial charge in [0.05, 0.1) is 5.56 Å². The summed E-state index contributed by atoms with van der Waals surface area (Å²) in [6, 6.07) is 4.06. The van der Waals surface area contributed by atoms with Crippen molar-refractivity contribution in [2.24, 2.45) is 0 Å². The molecule has 2 rings (SSSR count). The second-order valence-electron chi connectivity index (χ2n) is 8.06. The summed E-state index contributed by atoms with van der Waals surface area (Å²) in [4.78, 5) is 13.4. The van der Waals surface area contributed by atoms with Gasteiger partial charge >= 0.3 is 12.3 Å². The van der Waals surface area contributed by atoms with Crippen LogP contribution < -0.4 is 5.32 Å². The van der Waals surface area contributed by atoms with Gasteiger partial charge in [-0.15, -0.1) is 0 Å². The highest BCUT2D eigenvalue weighted by Gasteiger charge is 2.36. The number of amides is 1. The van der Waals surface area contributed by atoms with Crippen molar-refractivity contribution in [2.45, 2.75) is 69.8 Å². The summed E-state index contributed by atoms with van der Waals surface area (Å²) in [5.41, 5.74) is -0.913. The number of carbonyl (C=O) groups is 1. The van der Waals surface area contributed by atoms with Gasteiger partial charge < -0.3 is 15.0 Å². The number of nitrogens with zero attached hydrogens (tertiary/aromatic N) is 1. The normalized spacial score (nSPS) is 26.1. The van der Waals surface area contributed by atoms with Crippen LogP contribution in [0.25, 0.3) is 0 Å². The summed E-state index contributed by atoms with van der Waals surface area (Å²) in [7, 11) is 1.44. The van der Waals surface area contributed by atoms with E-state index in [2.05, 4.69) is 5.32 Å². The van der Waals surface area contributed by atoms with Crippen molar-refractivity contribution >= 4 is 6.09 Å². The fraction of sp³-hybridized carbons (Fsp3) is 0.650. The van der Waals surface area contributed by atoms with E-state index in [0.29, 0.717) is 24.8 Å². The summed E-state index contributed by atoms with van der Waals surface area (Å²) in [6.45, 7) is 2.77. The van der Waals surface area contributed by atoms with E-state index in [4.69, 9.17) is 8.85 Å². The van der Waals surface area contributed by atoms with Gasteiger partial charge in [-0.05, 0) is 71.6 Å². The molecular weight excluding hydrogens is 357 g/mol. The molecule has 3 atom stereocenters. The van der Waals surface area contributed by atoms with Crippen LogP contribution in [0.5, 0.6) is 0 Å². The zero-order chi connectivity index (χ0) is 22.9. The van der Waals surface area contributed by atoms with Crippen LogP contribution in [-0.2, 0) is 10.9 Å². The number of benzene rings is 1. The van der Waals surface area contributed by atoms with Crippen LogP contribution >= 0.6 is 0 Å². The summed E-state index contributed by atoms with van der Waals surface area (Å²) < 4.78 is 67.8. The minimum absolute atomic E-state index is 0.251. The van der Waals surface area contributed by atoms with Crippen molar-refractivity contribution in [3.05, 3.63) is 35.4 Å². The molecule has 1 saturated carbocycles. The fourth-order valence-electron chi connectivity index (χ4n) is 3.47. The van der Waals surface area contributed by atoms with E-state index >= 15 is 0 Å². The average Bonchev–Trinajstić information content (AvgIpc) is 2.58. The Kier molecular flexibility index (Phi) is 5.19. The van der Waals surface area contributed by atoms with E-state index in [0.717, 1.165) is 12.1 Å². The number of rotatable bonds is 3. The van der Waals surface area contributed by atoms with Crippen molar-refractivity contribution in [1.82, 2.24) is 10.2 Å². The first-order chi connectivity index (χ1) is 13.6. The van der Waals surface area contributed by atoms with Crippen LogP contribution in [0.2, 0.25) is 0 Å². The minimum atomic E-state index is -4.44. The van der Waals surface area contributed by atoms with Crippen LogP contribution in [-0.4, -0.2) is 42.7 Å². The van der Waals surface area contributed by atoms with Crippen LogP contribution in [0.3, 0.4) is 0 Å². The lowest BCUT2D eigenvalue weighted by Crippen LogP contribution is -2.53. The summed E-state index contributed by atoms with van der Waals surface area (Å²) in [6.07, 6.45) is -3.84. The van der Waals surface area contributed by atoms with Gasteiger partial charge in [0.15, 0.2) is 0 Å². The third kappa shape index (κ3) is 6.13. The molecule has 1 aliphatic carbocycles. The van der Waals surface area contributed by atoms with Crippen LogP contribution in [0.1, 0.15) is 61.2 Å². The minimum Gasteiger partial charge on any atom is -0.444 e. The zero-order valence-corrected chi connectivity index (χ0v) is 16.1. The predicted molar refractivity (Wildman–Crippen MR) is 98.7 cm³/mol. The molecule has 1 fully saturated rings. The van der Waals surface area contributed by atoms with Crippen molar-refractivity contribution in [3.63, 3.8) is 0 Å². The van der Waals surface area contributed by atoms with Crippen molar-refractivity contribution in [1.29, 1.82) is 0 Å². The molecule has 0 bridgehead atoms. The topological polar surface area (TPSA) is 41.6 Å². The number of hydrogen-bond donors (Lipinski definition) is 1. The fourth-order valence-corrected chi connectivity index (χ4v) is 3.47. The number of likely N-dealkylation sites (N-methyl/N-ethyl adjacent to an activating group) is 1. The molecular formula is C20H29F3N2O2. The molecule has 1 aliphatic rings. The lowest BCUT2D eigenvalue weighted by Gasteiger charge is -2.40. The predicted octanol–water partition coefficient (Wildman–Crippen LogP) is 4.80. The van der Waals surface area contributed by atoms with Gasteiger partial charge in [0.25, 0.3) is 0 Å². The second kappa shape index (κ2) is 8.09. The Morgan fingerprint density at radius 2 is 2.00 bits per heavy atom. The van der Waals surface area contributed by atoms with Gasteiger partial charge in [0.1, 0.15) is 5.60 Å². The first-order valence-electron chi connectivity index (χ1n) is 10.5. The maximum atomic E-state index is 13.1. The number of nitrogens with one attached hydrogen (secondary N) is 1. The Bertz CT molecular complexity index is 748. The average molecular weight is 389 g/mol. The maximum Gasteiger partial charge on any atom is 0.416 e. The Balaban J connectivity index is 2.24. The van der Waals surface area contributed by atoms with Gasteiger partial charge in [0, 0.05) is 16.2 Å². The smallest absolute Gasteiger partial charge is 0.416 e. The Morgan fingerprint density at radius 3 is 2.59 bits per heavy atom. The molecule has 0 heterocycles. The lowest BCUT2D eigenvalue weighted by molar-refractivity contribution is -0.137. The van der Waals surface area contributed by atoms with E-state index in [1.165, 1.54) is 18.0 Å². The highest BCUT2D eigenvalue weighted by molar-refractivity contribution is 5.68. The molecule has 1 N–H and O–H groups in total. The number of ether oxygens (including phenoxy) is 1. The molecule has 0 aliphatic heterocycles. The SMILES string of the molecule is [2H]C([2H])([2H])N(C)[C@H]1C[C@@H](c2cccc(C(F)(F)F)c2)CC[C@@H]1NC(=O)OC(C)(C)C. The van der Waals surface area contributed by atoms with Crippen molar-refractivity contribution < 1.29 is 26.8 Å². The first-order valence-corrected chi connectivity index (χ1v) is 8.97. The third-order valence-electron chi connectivity index (χ3n) is 4.70. The van der Waals surface area contributed by atoms with Crippen molar-refractivity contribution in [2.75, 3.05) is 14.0 Å². The molecule has 0 aromatic heterocycles. The summed E-state index contributed by atoms with van der Waals surface area (Å²) >= 11 is 0. The largest absolute Gasteiger partial charge is 0.444 e. The van der Waals surface area contributed by atoms with Crippen LogP contribution in [0.4, 0.5) is 18.0 Å². The molecule has 0 radical (unpaired) electrons. The van der Waals surface area contributed by atoms with E-state index in [-0.39, 0.29) is 5.92 Å². The molecule has 27 heavy (non-hydrogen) atoms. The Labute approximate surface area is 163 Å². The molecule has 1 aromatic carbocycles. The maximum absolute atomic E-state index is 13.1. The van der Waals surface area contributed by atoms with Crippen molar-refractivity contribution in [3.8, 4) is 0 Å². The van der Waals surface area contributed by atoms with E-state index < -0.39 is 42.5 Å². The standard InChI is InChI=1S/C20H29F3N2O2/c1-19(2,3)27-18(26)24-16-10-9-14(12-17(16)25(4)5)13-7-6-8-15(11-13)20(21,22)23/h6-8,11,14,16-17H,9-10,12H2,1-5H3,(H,24,26)/t14-,16-,17-/m0/s1/i4D3. The molecule has 1 aromatic rings. The Hall–Kier alpha value is -1.76. The first kappa shape index (κ1) is 17.3. The van der Waals surface area contributed by atoms with Gasteiger partial charge in [-0.1, -0.05) is 18.2 Å². The number of carbonyl (C=O) groups excluding carboxylic acids is 1. The molecule has 4 nitrogen and oxygen atoms in total. The summed E-state index contributed by atoms with van der Waals surface area (Å²) in [5.74, 6) is -0.251. The zero-order valence-electron chi connectivity index (χ0n) is 19.1. The molecule has 152 valence electrons. The van der Waals surface area contributed by atoms with Crippen LogP contribution in [0.15, 0.2) is 24.3 Å². The molecule has 0 spiro atoms. The molecule has 0 saturated heterocycles. The highest BCUT2D eigenvalue weighted by Crippen LogP contribution is 2.37. The number of hydrogen-bond acceptors (Lipinski definition) is 3. The van der Waals surface area contributed by atoms with Crippen LogP contribution in [0, 0.1) is 0 Å². The second-order valence-corrected chi connectivity index (χ2v) is 8.06. The van der Waals surface area contributed by atoms with E-state index in [1.54, 1.807) is 26.8 Å². The van der Waals surface area contributed by atoms with Gasteiger partial charge in [-0.2, -0.15) is 13.2 Å². The Morgan fingerprint density at radius 1 is 1.30 bits per heavy atom. The van der Waals surface area contributed by atoms with E-state index in [9.17, 15) is 18.0 Å². The molecule has 1 amide bonds. The van der Waals surface area contributed by atoms with Gasteiger partial charge in [-0.25, -0.2) is 4.79 Å². The molecule has 0 unspecified atom stereocenters. The number of alkyl halides is 3. The number of halogens is 3. The van der Waals surface area contributed by atoms with Gasteiger partial charge in [0.2, 0.25) is 0 Å². The van der Waals surface area contributed by atoms with Gasteiger partial charge in [-0.3, -0.25) is 0 Å². The monoisotopic (exact) mass is 389 g/mol. The highest BCUT2D eigenvalue weighted by atomic mass is 19.4.